The highest BCUT2D eigenvalue weighted by molar-refractivity contribution is 8.10. The molecule has 5 heteroatoms. The molecular formula is C14H13N3S2. The number of thiophene rings is 1. The van der Waals surface area contributed by atoms with Crippen LogP contribution in [0.1, 0.15) is 23.1 Å². The summed E-state index contributed by atoms with van der Waals surface area (Å²) in [5, 5.41) is 11.9. The zero-order valence-electron chi connectivity index (χ0n) is 10.7. The SMILES string of the molecule is C=C(S/C=C\C)c1cc(C)nc2sc(C#N)c(N)c12. The van der Waals surface area contributed by atoms with Gasteiger partial charge >= 0.3 is 0 Å². The summed E-state index contributed by atoms with van der Waals surface area (Å²) in [5.74, 6) is 0. The van der Waals surface area contributed by atoms with Crippen LogP contribution in [0.5, 0.6) is 0 Å². The number of nitriles is 1. The van der Waals surface area contributed by atoms with Crippen LogP contribution < -0.4 is 5.73 Å². The van der Waals surface area contributed by atoms with E-state index >= 15 is 0 Å². The number of fused-ring (bicyclic) bond motifs is 1. The Kier molecular flexibility index (Phi) is 3.93. The van der Waals surface area contributed by atoms with Gasteiger partial charge in [-0.3, -0.25) is 0 Å². The van der Waals surface area contributed by atoms with Crippen molar-refractivity contribution in [1.82, 2.24) is 4.98 Å². The molecule has 0 atom stereocenters. The average molecular weight is 287 g/mol. The Labute approximate surface area is 120 Å². The maximum atomic E-state index is 9.07. The van der Waals surface area contributed by atoms with E-state index in [9.17, 15) is 0 Å². The van der Waals surface area contributed by atoms with Gasteiger partial charge in [-0.05, 0) is 25.3 Å². The fourth-order valence-corrected chi connectivity index (χ4v) is 3.31. The Morgan fingerprint density at radius 3 is 3.00 bits per heavy atom. The third-order valence-electron chi connectivity index (χ3n) is 2.58. The van der Waals surface area contributed by atoms with Crippen LogP contribution in [0, 0.1) is 18.3 Å². The molecule has 0 radical (unpaired) electrons. The molecule has 19 heavy (non-hydrogen) atoms. The minimum Gasteiger partial charge on any atom is -0.396 e. The number of anilines is 1. The van der Waals surface area contributed by atoms with Crippen LogP contribution >= 0.6 is 23.1 Å². The third kappa shape index (κ3) is 2.50. The molecule has 2 N–H and O–H groups in total. The van der Waals surface area contributed by atoms with E-state index in [2.05, 4.69) is 17.6 Å². The van der Waals surface area contributed by atoms with Gasteiger partial charge in [0.05, 0.1) is 5.69 Å². The largest absolute Gasteiger partial charge is 0.396 e. The summed E-state index contributed by atoms with van der Waals surface area (Å²) < 4.78 is 0. The molecule has 2 heterocycles. The number of nitrogens with two attached hydrogens (primary N) is 1. The van der Waals surface area contributed by atoms with E-state index < -0.39 is 0 Å². The molecule has 0 amide bonds. The molecule has 0 unspecified atom stereocenters. The normalized spacial score (nSPS) is 11.0. The van der Waals surface area contributed by atoms with E-state index in [0.717, 1.165) is 26.4 Å². The first kappa shape index (κ1) is 13.7. The van der Waals surface area contributed by atoms with Gasteiger partial charge in [0.15, 0.2) is 0 Å². The molecule has 0 spiro atoms. The topological polar surface area (TPSA) is 62.7 Å². The van der Waals surface area contributed by atoms with Gasteiger partial charge in [-0.2, -0.15) is 5.26 Å². The van der Waals surface area contributed by atoms with Crippen molar-refractivity contribution in [1.29, 1.82) is 5.26 Å². The number of thioether (sulfide) groups is 1. The Hall–Kier alpha value is -1.77. The molecule has 0 bridgehead atoms. The lowest BCUT2D eigenvalue weighted by molar-refractivity contribution is 1.27. The smallest absolute Gasteiger partial charge is 0.130 e. The van der Waals surface area contributed by atoms with Crippen LogP contribution in [-0.4, -0.2) is 4.98 Å². The summed E-state index contributed by atoms with van der Waals surface area (Å²) in [4.78, 5) is 6.66. The molecule has 0 aliphatic rings. The molecule has 0 saturated carbocycles. The van der Waals surface area contributed by atoms with E-state index in [1.54, 1.807) is 11.8 Å². The minimum atomic E-state index is 0.507. The van der Waals surface area contributed by atoms with Crippen LogP contribution in [0.25, 0.3) is 15.1 Å². The van der Waals surface area contributed by atoms with Crippen molar-refractivity contribution < 1.29 is 0 Å². The van der Waals surface area contributed by atoms with Gasteiger partial charge in [-0.15, -0.1) is 11.3 Å². The van der Waals surface area contributed by atoms with Gasteiger partial charge in [0.25, 0.3) is 0 Å². The second kappa shape index (κ2) is 5.47. The number of aryl methyl sites for hydroxylation is 1. The van der Waals surface area contributed by atoms with Gasteiger partial charge < -0.3 is 5.73 Å². The molecule has 0 aromatic carbocycles. The quantitative estimate of drug-likeness (QED) is 0.914. The highest BCUT2D eigenvalue weighted by Crippen LogP contribution is 2.40. The molecule has 0 aliphatic heterocycles. The standard InChI is InChI=1S/C14H13N3S2/c1-4-5-18-9(3)10-6-8(2)17-14-12(10)13(16)11(7-15)19-14/h4-6H,3,16H2,1-2H3/b5-4-. The molecule has 96 valence electrons. The second-order valence-electron chi connectivity index (χ2n) is 3.96. The van der Waals surface area contributed by atoms with Crippen molar-refractivity contribution in [2.24, 2.45) is 0 Å². The van der Waals surface area contributed by atoms with Crippen LogP contribution in [0.3, 0.4) is 0 Å². The maximum Gasteiger partial charge on any atom is 0.130 e. The Morgan fingerprint density at radius 1 is 1.63 bits per heavy atom. The third-order valence-corrected chi connectivity index (χ3v) is 4.49. The number of rotatable bonds is 3. The Balaban J connectivity index is 2.69. The van der Waals surface area contributed by atoms with Crippen molar-refractivity contribution in [3.05, 3.63) is 40.3 Å². The molecule has 2 aromatic heterocycles. The van der Waals surface area contributed by atoms with Gasteiger partial charge in [0.2, 0.25) is 0 Å². The zero-order chi connectivity index (χ0) is 14.0. The second-order valence-corrected chi connectivity index (χ2v) is 5.96. The number of pyridine rings is 1. The van der Waals surface area contributed by atoms with Crippen molar-refractivity contribution in [2.45, 2.75) is 13.8 Å². The average Bonchev–Trinajstić information content (AvgIpc) is 2.71. The first-order valence-corrected chi connectivity index (χ1v) is 7.35. The fraction of sp³-hybridized carbons (Fsp3) is 0.143. The molecular weight excluding hydrogens is 274 g/mol. The van der Waals surface area contributed by atoms with Crippen LogP contribution in [0.15, 0.2) is 24.1 Å². The predicted molar refractivity (Wildman–Crippen MR) is 84.9 cm³/mol. The van der Waals surface area contributed by atoms with E-state index in [1.165, 1.54) is 11.3 Å². The Bertz CT molecular complexity index is 720. The van der Waals surface area contributed by atoms with Crippen molar-refractivity contribution in [3.8, 4) is 6.07 Å². The summed E-state index contributed by atoms with van der Waals surface area (Å²) in [7, 11) is 0. The van der Waals surface area contributed by atoms with Gasteiger partial charge in [0, 0.05) is 21.5 Å². The molecule has 0 fully saturated rings. The van der Waals surface area contributed by atoms with Crippen molar-refractivity contribution in [2.75, 3.05) is 5.73 Å². The van der Waals surface area contributed by atoms with E-state index in [0.29, 0.717) is 10.6 Å². The number of hydrogen-bond donors (Lipinski definition) is 1. The lowest BCUT2D eigenvalue weighted by Crippen LogP contribution is -1.91. The van der Waals surface area contributed by atoms with E-state index in [-0.39, 0.29) is 0 Å². The molecule has 0 saturated heterocycles. The minimum absolute atomic E-state index is 0.507. The molecule has 0 aliphatic carbocycles. The van der Waals surface area contributed by atoms with E-state index in [1.807, 2.05) is 31.4 Å². The summed E-state index contributed by atoms with van der Waals surface area (Å²) in [5.41, 5.74) is 8.41. The molecule has 3 nitrogen and oxygen atoms in total. The first-order valence-electron chi connectivity index (χ1n) is 5.65. The number of nitrogen functional groups attached to an aromatic ring is 1. The van der Waals surface area contributed by atoms with Crippen LogP contribution in [0.4, 0.5) is 5.69 Å². The Morgan fingerprint density at radius 2 is 2.37 bits per heavy atom. The summed E-state index contributed by atoms with van der Waals surface area (Å²) >= 11 is 2.87. The van der Waals surface area contributed by atoms with Crippen LogP contribution in [-0.2, 0) is 0 Å². The molecule has 2 aromatic rings. The summed E-state index contributed by atoms with van der Waals surface area (Å²) in [6.45, 7) is 7.97. The highest BCUT2D eigenvalue weighted by Gasteiger charge is 2.16. The van der Waals surface area contributed by atoms with E-state index in [4.69, 9.17) is 11.0 Å². The number of allylic oxidation sites excluding steroid dienone is 1. The number of aromatic nitrogens is 1. The number of hydrogen-bond acceptors (Lipinski definition) is 5. The first-order chi connectivity index (χ1) is 9.08. The van der Waals surface area contributed by atoms with Gasteiger partial charge in [0.1, 0.15) is 15.8 Å². The van der Waals surface area contributed by atoms with Crippen molar-refractivity contribution in [3.63, 3.8) is 0 Å². The predicted octanol–water partition coefficient (Wildman–Crippen LogP) is 4.30. The lowest BCUT2D eigenvalue weighted by atomic mass is 10.1. The fourth-order valence-electron chi connectivity index (χ4n) is 1.76. The van der Waals surface area contributed by atoms with Crippen molar-refractivity contribution >= 4 is 43.9 Å². The number of nitrogens with zero attached hydrogens (tertiary/aromatic N) is 2. The summed E-state index contributed by atoms with van der Waals surface area (Å²) in [6, 6.07) is 4.08. The maximum absolute atomic E-state index is 9.07. The highest BCUT2D eigenvalue weighted by atomic mass is 32.2. The van der Waals surface area contributed by atoms with Gasteiger partial charge in [-0.1, -0.05) is 24.4 Å². The van der Waals surface area contributed by atoms with Gasteiger partial charge in [-0.25, -0.2) is 4.98 Å². The monoisotopic (exact) mass is 287 g/mol. The summed E-state index contributed by atoms with van der Waals surface area (Å²) in [6.07, 6.45) is 1.96. The lowest BCUT2D eigenvalue weighted by Gasteiger charge is -2.06. The zero-order valence-corrected chi connectivity index (χ0v) is 12.4. The van der Waals surface area contributed by atoms with Crippen LogP contribution in [0.2, 0.25) is 0 Å². The molecule has 2 rings (SSSR count).